The van der Waals surface area contributed by atoms with Crippen LogP contribution in [0.4, 0.5) is 0 Å². The number of hydrogen-bond acceptors (Lipinski definition) is 6. The average molecular weight is 707 g/mol. The number of aliphatic hydroxyl groups excluding tert-OH is 2. The number of ether oxygens (including phenoxy) is 2. The zero-order chi connectivity index (χ0) is 37.7. The summed E-state index contributed by atoms with van der Waals surface area (Å²) >= 11 is 0. The summed E-state index contributed by atoms with van der Waals surface area (Å²) in [5.41, 5.74) is 10.0. The Labute approximate surface area is 311 Å². The highest BCUT2D eigenvalue weighted by Gasteiger charge is 2.16. The summed E-state index contributed by atoms with van der Waals surface area (Å²) in [4.78, 5) is 22.6. The number of hydrogen-bond donors (Lipinski definition) is 2. The van der Waals surface area contributed by atoms with Crippen molar-refractivity contribution in [3.63, 3.8) is 0 Å². The lowest BCUT2D eigenvalue weighted by Crippen LogP contribution is -2.22. The van der Waals surface area contributed by atoms with Crippen molar-refractivity contribution in [1.82, 2.24) is 0 Å². The Morgan fingerprint density at radius 3 is 1.94 bits per heavy atom. The van der Waals surface area contributed by atoms with Crippen LogP contribution in [0.25, 0.3) is 21.9 Å². The van der Waals surface area contributed by atoms with Gasteiger partial charge in [0.05, 0.1) is 32.0 Å². The molecule has 6 heteroatoms. The van der Waals surface area contributed by atoms with E-state index in [1.54, 1.807) is 6.92 Å². The summed E-state index contributed by atoms with van der Waals surface area (Å²) in [6, 6.07) is 28.9. The van der Waals surface area contributed by atoms with E-state index in [-0.39, 0.29) is 31.3 Å². The van der Waals surface area contributed by atoms with Crippen LogP contribution in [0.5, 0.6) is 0 Å². The molecule has 2 N–H and O–H groups in total. The Hall–Kier alpha value is -4.52. The lowest BCUT2D eigenvalue weighted by molar-refractivity contribution is -0.142. The van der Waals surface area contributed by atoms with Crippen molar-refractivity contribution >= 4 is 23.2 Å². The average Bonchev–Trinajstić information content (AvgIpc) is 3.17. The third kappa shape index (κ3) is 14.2. The molecule has 4 aromatic carbocycles. The van der Waals surface area contributed by atoms with Crippen LogP contribution in [-0.4, -0.2) is 49.1 Å². The third-order valence-corrected chi connectivity index (χ3v) is 9.20. The van der Waals surface area contributed by atoms with Crippen molar-refractivity contribution in [2.45, 2.75) is 85.0 Å². The number of esters is 1. The fourth-order valence-electron chi connectivity index (χ4n) is 6.13. The van der Waals surface area contributed by atoms with Gasteiger partial charge in [0.2, 0.25) is 0 Å². The van der Waals surface area contributed by atoms with Gasteiger partial charge in [-0.15, -0.1) is 0 Å². The third-order valence-electron chi connectivity index (χ3n) is 9.20. The number of carbonyl (C=O) groups excluding carboxylic acids is 2. The van der Waals surface area contributed by atoms with E-state index in [2.05, 4.69) is 106 Å². The minimum atomic E-state index is -0.651. The van der Waals surface area contributed by atoms with Crippen LogP contribution in [-0.2, 0) is 51.2 Å². The molecule has 0 spiro atoms. The molecule has 1 unspecified atom stereocenters. The number of fused-ring (bicyclic) bond motifs is 1. The first-order chi connectivity index (χ1) is 25.2. The van der Waals surface area contributed by atoms with Gasteiger partial charge in [0.1, 0.15) is 0 Å². The van der Waals surface area contributed by atoms with Gasteiger partial charge in [-0.3, -0.25) is 4.79 Å². The van der Waals surface area contributed by atoms with E-state index in [1.807, 2.05) is 0 Å². The largest absolute Gasteiger partial charge is 0.467 e. The van der Waals surface area contributed by atoms with Crippen LogP contribution >= 0.6 is 0 Å². The molecule has 4 rings (SSSR count). The predicted molar refractivity (Wildman–Crippen MR) is 213 cm³/mol. The van der Waals surface area contributed by atoms with Crippen molar-refractivity contribution in [3.8, 4) is 11.1 Å². The van der Waals surface area contributed by atoms with E-state index in [9.17, 15) is 9.59 Å². The highest BCUT2D eigenvalue weighted by atomic mass is 16.5. The summed E-state index contributed by atoms with van der Waals surface area (Å²) in [6.07, 6.45) is 11.4. The molecule has 0 aromatic heterocycles. The molecule has 0 aliphatic carbocycles. The predicted octanol–water partition coefficient (Wildman–Crippen LogP) is 9.35. The fourth-order valence-corrected chi connectivity index (χ4v) is 6.13. The Kier molecular flexibility index (Phi) is 18.6. The maximum atomic E-state index is 11.9. The van der Waals surface area contributed by atoms with Gasteiger partial charge in [-0.2, -0.15) is 0 Å². The van der Waals surface area contributed by atoms with Gasteiger partial charge in [0, 0.05) is 5.92 Å². The molecule has 0 saturated heterocycles. The number of aliphatic hydroxyl groups is 2. The summed E-state index contributed by atoms with van der Waals surface area (Å²) in [6.45, 7) is 13.5. The Morgan fingerprint density at radius 1 is 0.712 bits per heavy atom. The second-order valence-electron chi connectivity index (χ2n) is 13.7. The monoisotopic (exact) mass is 706 g/mol. The van der Waals surface area contributed by atoms with Gasteiger partial charge in [-0.05, 0) is 114 Å². The van der Waals surface area contributed by atoms with Gasteiger partial charge in [0.25, 0.3) is 6.47 Å². The normalized spacial score (nSPS) is 11.3. The number of aryl methyl sites for hydroxylation is 4. The smallest absolute Gasteiger partial charge is 0.335 e. The number of carbonyl (C=O) groups is 2. The molecule has 278 valence electrons. The maximum absolute atomic E-state index is 11.9. The van der Waals surface area contributed by atoms with Crippen molar-refractivity contribution in [3.05, 3.63) is 131 Å². The van der Waals surface area contributed by atoms with Crippen molar-refractivity contribution in [2.24, 2.45) is 5.92 Å². The molecule has 0 amide bonds. The van der Waals surface area contributed by atoms with E-state index < -0.39 is 12.6 Å². The Balaban J connectivity index is 0.00000136. The molecule has 0 radical (unpaired) electrons. The van der Waals surface area contributed by atoms with E-state index in [1.165, 1.54) is 71.6 Å². The molecular weight excluding hydrogens is 649 g/mol. The molecule has 52 heavy (non-hydrogen) atoms. The van der Waals surface area contributed by atoms with Gasteiger partial charge >= 0.3 is 5.97 Å². The van der Waals surface area contributed by atoms with E-state index >= 15 is 0 Å². The standard InChI is InChI=1S/C42H50O5.C4H8O/c1-4-6-7-12-37-17-13-32(24-36(37)5-2)10-8-9-11-33-16-20-41-26-40(22-21-39(41)25-33)38-18-14-34(15-19-38)23-35(28-46-30-44)29-47-42(45)31(3)27-43;1-4(2)3-5/h13-22,24-26,30,35,43H,3-12,23,27-29H2,1-2H3;5H,1,3H2,2H3. The van der Waals surface area contributed by atoms with E-state index in [4.69, 9.17) is 19.7 Å². The second kappa shape index (κ2) is 23.1. The van der Waals surface area contributed by atoms with E-state index in [0.717, 1.165) is 41.5 Å². The van der Waals surface area contributed by atoms with Crippen molar-refractivity contribution in [2.75, 3.05) is 26.4 Å². The lowest BCUT2D eigenvalue weighted by Gasteiger charge is -2.16. The van der Waals surface area contributed by atoms with Crippen molar-refractivity contribution in [1.29, 1.82) is 0 Å². The molecular formula is C46H58O6. The van der Waals surface area contributed by atoms with Gasteiger partial charge < -0.3 is 19.7 Å². The topological polar surface area (TPSA) is 93.1 Å². The molecule has 0 heterocycles. The summed E-state index contributed by atoms with van der Waals surface area (Å²) in [7, 11) is 0. The molecule has 1 atom stereocenters. The molecule has 0 bridgehead atoms. The molecule has 0 saturated carbocycles. The first kappa shape index (κ1) is 41.9. The quantitative estimate of drug-likeness (QED) is 0.0295. The van der Waals surface area contributed by atoms with E-state index in [0.29, 0.717) is 12.9 Å². The number of benzene rings is 4. The molecule has 0 aliphatic heterocycles. The summed E-state index contributed by atoms with van der Waals surface area (Å²) in [5, 5.41) is 19.6. The maximum Gasteiger partial charge on any atom is 0.335 e. The van der Waals surface area contributed by atoms with Gasteiger partial charge in [0.15, 0.2) is 0 Å². The highest BCUT2D eigenvalue weighted by Crippen LogP contribution is 2.27. The molecule has 6 nitrogen and oxygen atoms in total. The van der Waals surface area contributed by atoms with Gasteiger partial charge in [-0.1, -0.05) is 118 Å². The zero-order valence-corrected chi connectivity index (χ0v) is 31.5. The molecule has 0 fully saturated rings. The Bertz CT molecular complexity index is 1720. The van der Waals surface area contributed by atoms with Crippen LogP contribution in [0, 0.1) is 5.92 Å². The minimum absolute atomic E-state index is 0.00787. The number of rotatable bonds is 21. The zero-order valence-electron chi connectivity index (χ0n) is 31.5. The van der Waals surface area contributed by atoms with Gasteiger partial charge in [-0.25, -0.2) is 4.79 Å². The Morgan fingerprint density at radius 2 is 1.31 bits per heavy atom. The lowest BCUT2D eigenvalue weighted by atomic mass is 9.94. The van der Waals surface area contributed by atoms with Crippen LogP contribution < -0.4 is 0 Å². The molecule has 4 aromatic rings. The van der Waals surface area contributed by atoms with Crippen molar-refractivity contribution < 1.29 is 29.3 Å². The van der Waals surface area contributed by atoms with Crippen LogP contribution in [0.2, 0.25) is 0 Å². The number of unbranched alkanes of at least 4 members (excludes halogenated alkanes) is 3. The first-order valence-electron chi connectivity index (χ1n) is 18.7. The minimum Gasteiger partial charge on any atom is -0.467 e. The first-order valence-corrected chi connectivity index (χ1v) is 18.7. The summed E-state index contributed by atoms with van der Waals surface area (Å²) < 4.78 is 10.2. The van der Waals surface area contributed by atoms with Crippen LogP contribution in [0.1, 0.15) is 80.7 Å². The van der Waals surface area contributed by atoms with Crippen LogP contribution in [0.3, 0.4) is 0 Å². The molecule has 0 aliphatic rings. The highest BCUT2D eigenvalue weighted by molar-refractivity contribution is 5.88. The fraction of sp³-hybridized carbons (Fsp3) is 0.391. The SMILES string of the molecule is C=C(C)CO.C=C(CO)C(=O)OCC(COC=O)Cc1ccc(-c2ccc3cc(CCCCc4ccc(CCCCC)c(CC)c4)ccc3c2)cc1. The van der Waals surface area contributed by atoms with Crippen LogP contribution in [0.15, 0.2) is 103 Å². The second-order valence-corrected chi connectivity index (χ2v) is 13.7. The summed E-state index contributed by atoms with van der Waals surface area (Å²) in [5.74, 6) is -0.862.